The van der Waals surface area contributed by atoms with Crippen LogP contribution in [0.2, 0.25) is 0 Å². The summed E-state index contributed by atoms with van der Waals surface area (Å²) in [5.41, 5.74) is 0. The molecule has 0 bridgehead atoms. The van der Waals surface area contributed by atoms with E-state index in [0.717, 1.165) is 24.8 Å². The average Bonchev–Trinajstić information content (AvgIpc) is 2.65. The molecule has 1 aromatic heterocycles. The molecule has 1 aromatic rings. The first-order valence-corrected chi connectivity index (χ1v) is 5.43. The Kier molecular flexibility index (Phi) is 4.97. The van der Waals surface area contributed by atoms with Crippen molar-refractivity contribution in [1.29, 1.82) is 0 Å². The van der Waals surface area contributed by atoms with E-state index in [9.17, 15) is 0 Å². The van der Waals surface area contributed by atoms with Crippen LogP contribution in [0.5, 0.6) is 0 Å². The van der Waals surface area contributed by atoms with E-state index in [-0.39, 0.29) is 0 Å². The van der Waals surface area contributed by atoms with Crippen LogP contribution in [0.3, 0.4) is 0 Å². The first-order valence-electron chi connectivity index (χ1n) is 4.55. The maximum absolute atomic E-state index is 5.22. The van der Waals surface area contributed by atoms with E-state index >= 15 is 0 Å². The first-order chi connectivity index (χ1) is 6.34. The van der Waals surface area contributed by atoms with Crippen LogP contribution >= 0.6 is 11.3 Å². The Bertz CT molecular complexity index is 213. The van der Waals surface area contributed by atoms with Crippen LogP contribution in [0.1, 0.15) is 24.9 Å². The number of aromatic nitrogens is 1. The smallest absolute Gasteiger partial charge is 0.109 e. The second-order valence-corrected chi connectivity index (χ2v) is 3.67. The molecule has 1 rings (SSSR count). The van der Waals surface area contributed by atoms with Gasteiger partial charge in [0, 0.05) is 24.7 Å². The molecule has 0 aliphatic carbocycles. The molecule has 0 amide bonds. The molecule has 0 radical (unpaired) electrons. The summed E-state index contributed by atoms with van der Waals surface area (Å²) in [6, 6.07) is 0.334. The zero-order chi connectivity index (χ0) is 9.52. The second-order valence-electron chi connectivity index (χ2n) is 2.74. The van der Waals surface area contributed by atoms with Crippen molar-refractivity contribution in [3.8, 4) is 0 Å². The van der Waals surface area contributed by atoms with Crippen molar-refractivity contribution >= 4 is 11.3 Å². The summed E-state index contributed by atoms with van der Waals surface area (Å²) >= 11 is 1.68. The quantitative estimate of drug-likeness (QED) is 0.711. The van der Waals surface area contributed by atoms with Crippen molar-refractivity contribution in [3.05, 3.63) is 16.6 Å². The minimum atomic E-state index is 0.334. The van der Waals surface area contributed by atoms with Gasteiger partial charge >= 0.3 is 0 Å². The number of nitrogens with zero attached hydrogens (tertiary/aromatic N) is 1. The molecule has 3 nitrogen and oxygen atoms in total. The van der Waals surface area contributed by atoms with Crippen LogP contribution in [0.15, 0.2) is 11.6 Å². The SMILES string of the molecule is CCOCCN[C@@H](C)c1nccs1. The Morgan fingerprint density at radius 2 is 2.54 bits per heavy atom. The fraction of sp³-hybridized carbons (Fsp3) is 0.667. The van der Waals surface area contributed by atoms with Gasteiger partial charge in [0.2, 0.25) is 0 Å². The number of nitrogens with one attached hydrogen (secondary N) is 1. The van der Waals surface area contributed by atoms with Crippen molar-refractivity contribution in [2.24, 2.45) is 0 Å². The summed E-state index contributed by atoms with van der Waals surface area (Å²) in [6.07, 6.45) is 1.83. The average molecular weight is 200 g/mol. The van der Waals surface area contributed by atoms with Crippen LogP contribution in [-0.2, 0) is 4.74 Å². The van der Waals surface area contributed by atoms with Crippen LogP contribution in [0, 0.1) is 0 Å². The zero-order valence-electron chi connectivity index (χ0n) is 8.12. The van der Waals surface area contributed by atoms with Crippen molar-refractivity contribution in [2.45, 2.75) is 19.9 Å². The molecule has 1 N–H and O–H groups in total. The lowest BCUT2D eigenvalue weighted by atomic mass is 10.3. The Balaban J connectivity index is 2.15. The highest BCUT2D eigenvalue weighted by Crippen LogP contribution is 2.13. The monoisotopic (exact) mass is 200 g/mol. The van der Waals surface area contributed by atoms with Gasteiger partial charge in [0.15, 0.2) is 0 Å². The number of hydrogen-bond acceptors (Lipinski definition) is 4. The molecule has 0 unspecified atom stereocenters. The molecule has 1 heterocycles. The lowest BCUT2D eigenvalue weighted by Crippen LogP contribution is -2.23. The van der Waals surface area contributed by atoms with Crippen molar-refractivity contribution < 1.29 is 4.74 Å². The van der Waals surface area contributed by atoms with Gasteiger partial charge in [0.05, 0.1) is 12.6 Å². The molecule has 0 saturated carbocycles. The Hall–Kier alpha value is -0.450. The fourth-order valence-corrected chi connectivity index (χ4v) is 1.70. The van der Waals surface area contributed by atoms with E-state index in [1.54, 1.807) is 11.3 Å². The van der Waals surface area contributed by atoms with Gasteiger partial charge < -0.3 is 10.1 Å². The van der Waals surface area contributed by atoms with Crippen molar-refractivity contribution in [3.63, 3.8) is 0 Å². The van der Waals surface area contributed by atoms with Gasteiger partial charge in [0.25, 0.3) is 0 Å². The van der Waals surface area contributed by atoms with Gasteiger partial charge in [-0.15, -0.1) is 11.3 Å². The van der Waals surface area contributed by atoms with E-state index in [0.29, 0.717) is 6.04 Å². The summed E-state index contributed by atoms with van der Waals surface area (Å²) in [5.74, 6) is 0. The summed E-state index contributed by atoms with van der Waals surface area (Å²) in [5, 5.41) is 6.47. The second kappa shape index (κ2) is 6.07. The van der Waals surface area contributed by atoms with Gasteiger partial charge in [-0.2, -0.15) is 0 Å². The van der Waals surface area contributed by atoms with E-state index < -0.39 is 0 Å². The Morgan fingerprint density at radius 1 is 1.69 bits per heavy atom. The molecule has 4 heteroatoms. The normalized spacial score (nSPS) is 13.1. The minimum absolute atomic E-state index is 0.334. The molecule has 0 spiro atoms. The molecule has 0 aliphatic heterocycles. The molecular formula is C9H16N2OS. The third-order valence-corrected chi connectivity index (χ3v) is 2.68. The van der Waals surface area contributed by atoms with Gasteiger partial charge in [-0.1, -0.05) is 0 Å². The lowest BCUT2D eigenvalue weighted by Gasteiger charge is -2.10. The van der Waals surface area contributed by atoms with Crippen LogP contribution in [-0.4, -0.2) is 24.7 Å². The van der Waals surface area contributed by atoms with Crippen LogP contribution in [0.25, 0.3) is 0 Å². The summed E-state index contributed by atoms with van der Waals surface area (Å²) in [7, 11) is 0. The van der Waals surface area contributed by atoms with E-state index in [1.807, 2.05) is 18.5 Å². The highest BCUT2D eigenvalue weighted by Gasteiger charge is 2.05. The molecule has 0 aromatic carbocycles. The van der Waals surface area contributed by atoms with Crippen molar-refractivity contribution in [2.75, 3.05) is 19.8 Å². The molecular weight excluding hydrogens is 184 g/mol. The largest absolute Gasteiger partial charge is 0.380 e. The van der Waals surface area contributed by atoms with Crippen molar-refractivity contribution in [1.82, 2.24) is 10.3 Å². The van der Waals surface area contributed by atoms with Gasteiger partial charge in [-0.05, 0) is 13.8 Å². The van der Waals surface area contributed by atoms with Gasteiger partial charge in [0.1, 0.15) is 5.01 Å². The standard InChI is InChI=1S/C9H16N2OS/c1-3-12-6-4-10-8(2)9-11-5-7-13-9/h5,7-8,10H,3-4,6H2,1-2H3/t8-/m0/s1. The molecule has 0 saturated heterocycles. The third kappa shape index (κ3) is 3.85. The zero-order valence-corrected chi connectivity index (χ0v) is 8.93. The predicted octanol–water partition coefficient (Wildman–Crippen LogP) is 1.83. The van der Waals surface area contributed by atoms with Gasteiger partial charge in [-0.25, -0.2) is 4.98 Å². The van der Waals surface area contributed by atoms with Gasteiger partial charge in [-0.3, -0.25) is 0 Å². The number of ether oxygens (including phenoxy) is 1. The first kappa shape index (κ1) is 10.6. The number of rotatable bonds is 6. The van der Waals surface area contributed by atoms with Crippen LogP contribution < -0.4 is 5.32 Å². The molecule has 0 aliphatic rings. The molecule has 13 heavy (non-hydrogen) atoms. The molecule has 74 valence electrons. The molecule has 0 fully saturated rings. The van der Waals surface area contributed by atoms with E-state index in [1.165, 1.54) is 0 Å². The third-order valence-electron chi connectivity index (χ3n) is 1.72. The maximum Gasteiger partial charge on any atom is 0.109 e. The number of hydrogen-bond donors (Lipinski definition) is 1. The summed E-state index contributed by atoms with van der Waals surface area (Å²) < 4.78 is 5.22. The van der Waals surface area contributed by atoms with E-state index in [4.69, 9.17) is 4.74 Å². The highest BCUT2D eigenvalue weighted by molar-refractivity contribution is 7.09. The molecule has 1 atom stereocenters. The lowest BCUT2D eigenvalue weighted by molar-refractivity contribution is 0.147. The topological polar surface area (TPSA) is 34.1 Å². The number of thiazole rings is 1. The maximum atomic E-state index is 5.22. The highest BCUT2D eigenvalue weighted by atomic mass is 32.1. The summed E-state index contributed by atoms with van der Waals surface area (Å²) in [6.45, 7) is 6.56. The minimum Gasteiger partial charge on any atom is -0.380 e. The Labute approximate surface area is 83.1 Å². The Morgan fingerprint density at radius 3 is 3.15 bits per heavy atom. The summed E-state index contributed by atoms with van der Waals surface area (Å²) in [4.78, 5) is 4.23. The fourth-order valence-electron chi connectivity index (χ4n) is 1.03. The van der Waals surface area contributed by atoms with E-state index in [2.05, 4.69) is 17.2 Å². The predicted molar refractivity (Wildman–Crippen MR) is 55.0 cm³/mol. The van der Waals surface area contributed by atoms with Crippen LogP contribution in [0.4, 0.5) is 0 Å².